The highest BCUT2D eigenvalue weighted by atomic mass is 16.2. The second-order valence-corrected chi connectivity index (χ2v) is 7.54. The van der Waals surface area contributed by atoms with Crippen molar-refractivity contribution in [1.82, 2.24) is 14.5 Å². The van der Waals surface area contributed by atoms with Crippen LogP contribution >= 0.6 is 0 Å². The smallest absolute Gasteiger partial charge is 0.247 e. The summed E-state index contributed by atoms with van der Waals surface area (Å²) in [5, 5.41) is 4.81. The molecule has 3 aromatic rings. The molecule has 4 nitrogen and oxygen atoms in total. The van der Waals surface area contributed by atoms with Crippen molar-refractivity contribution < 1.29 is 4.79 Å². The third-order valence-corrected chi connectivity index (χ3v) is 5.70. The third-order valence-electron chi connectivity index (χ3n) is 5.70. The lowest BCUT2D eigenvalue weighted by molar-refractivity contribution is -0.129. The Morgan fingerprint density at radius 2 is 1.93 bits per heavy atom. The third kappa shape index (κ3) is 3.47. The minimum atomic E-state index is 0.123. The predicted molar refractivity (Wildman–Crippen MR) is 114 cm³/mol. The first-order chi connectivity index (χ1) is 13.7. The molecule has 1 unspecified atom stereocenters. The highest BCUT2D eigenvalue weighted by Gasteiger charge is 2.25. The summed E-state index contributed by atoms with van der Waals surface area (Å²) in [6.07, 6.45) is 8.21. The van der Waals surface area contributed by atoms with Crippen LogP contribution in [-0.4, -0.2) is 33.0 Å². The summed E-state index contributed by atoms with van der Waals surface area (Å²) in [6.45, 7) is 5.06. The second kappa shape index (κ2) is 8.01. The molecule has 2 aromatic heterocycles. The van der Waals surface area contributed by atoms with Crippen LogP contribution < -0.4 is 0 Å². The number of piperidine rings is 1. The maximum Gasteiger partial charge on any atom is 0.247 e. The summed E-state index contributed by atoms with van der Waals surface area (Å²) in [6, 6.07) is 16.6. The monoisotopic (exact) mass is 373 g/mol. The fraction of sp³-hybridized carbons (Fsp3) is 0.333. The van der Waals surface area contributed by atoms with Crippen molar-refractivity contribution in [1.29, 1.82) is 0 Å². The molecule has 1 aliphatic rings. The average molecular weight is 374 g/mol. The Bertz CT molecular complexity index is 1000. The van der Waals surface area contributed by atoms with Crippen molar-refractivity contribution in [3.05, 3.63) is 66.4 Å². The number of nitrogens with zero attached hydrogens (tertiary/aromatic N) is 3. The summed E-state index contributed by atoms with van der Waals surface area (Å²) in [7, 11) is 0. The Kier molecular flexibility index (Phi) is 5.29. The van der Waals surface area contributed by atoms with E-state index in [2.05, 4.69) is 30.0 Å². The maximum absolute atomic E-state index is 13.1. The number of likely N-dealkylation sites (tertiary alicyclic amines) is 1. The van der Waals surface area contributed by atoms with Gasteiger partial charge in [-0.3, -0.25) is 4.79 Å². The Balaban J connectivity index is 1.77. The van der Waals surface area contributed by atoms with Gasteiger partial charge in [0.2, 0.25) is 5.91 Å². The van der Waals surface area contributed by atoms with Gasteiger partial charge in [-0.05, 0) is 50.3 Å². The van der Waals surface area contributed by atoms with E-state index in [1.54, 1.807) is 0 Å². The molecule has 28 heavy (non-hydrogen) atoms. The van der Waals surface area contributed by atoms with Crippen LogP contribution in [0.5, 0.6) is 0 Å². The number of fused-ring (bicyclic) bond motifs is 1. The van der Waals surface area contributed by atoms with E-state index in [1.165, 1.54) is 6.42 Å². The van der Waals surface area contributed by atoms with Gasteiger partial charge in [-0.15, -0.1) is 0 Å². The number of benzene rings is 1. The summed E-state index contributed by atoms with van der Waals surface area (Å²) >= 11 is 0. The summed E-state index contributed by atoms with van der Waals surface area (Å²) in [5.41, 5.74) is 4.99. The molecule has 1 aromatic carbocycles. The van der Waals surface area contributed by atoms with Crippen molar-refractivity contribution in [3.8, 4) is 11.3 Å². The molecular formula is C24H27N3O. The zero-order valence-corrected chi connectivity index (χ0v) is 16.6. The van der Waals surface area contributed by atoms with E-state index in [9.17, 15) is 4.79 Å². The van der Waals surface area contributed by atoms with Crippen LogP contribution in [0.2, 0.25) is 0 Å². The fourth-order valence-corrected chi connectivity index (χ4v) is 4.24. The molecule has 0 spiro atoms. The molecule has 1 amide bonds. The highest BCUT2D eigenvalue weighted by Crippen LogP contribution is 2.32. The van der Waals surface area contributed by atoms with Crippen molar-refractivity contribution in [2.75, 3.05) is 6.54 Å². The van der Waals surface area contributed by atoms with Gasteiger partial charge in [-0.1, -0.05) is 43.3 Å². The zero-order chi connectivity index (χ0) is 19.5. The minimum Gasteiger partial charge on any atom is -0.336 e. The second-order valence-electron chi connectivity index (χ2n) is 7.54. The van der Waals surface area contributed by atoms with Gasteiger partial charge in [-0.25, -0.2) is 4.52 Å². The summed E-state index contributed by atoms with van der Waals surface area (Å²) in [4.78, 5) is 15.1. The highest BCUT2D eigenvalue weighted by molar-refractivity contribution is 5.99. The van der Waals surface area contributed by atoms with Crippen LogP contribution in [0.4, 0.5) is 0 Å². The molecular weight excluding hydrogens is 346 g/mol. The fourth-order valence-electron chi connectivity index (χ4n) is 4.24. The van der Waals surface area contributed by atoms with Crippen LogP contribution in [-0.2, 0) is 4.79 Å². The molecule has 144 valence electrons. The number of allylic oxidation sites excluding steroid dienone is 1. The van der Waals surface area contributed by atoms with E-state index in [1.807, 2.05) is 54.0 Å². The van der Waals surface area contributed by atoms with E-state index in [0.29, 0.717) is 6.04 Å². The normalized spacial score (nSPS) is 17.9. The first-order valence-electron chi connectivity index (χ1n) is 10.2. The molecule has 0 bridgehead atoms. The lowest BCUT2D eigenvalue weighted by Crippen LogP contribution is -2.42. The zero-order valence-electron chi connectivity index (χ0n) is 16.6. The molecule has 1 aliphatic heterocycles. The Morgan fingerprint density at radius 1 is 1.14 bits per heavy atom. The molecule has 1 atom stereocenters. The lowest BCUT2D eigenvalue weighted by atomic mass is 9.98. The van der Waals surface area contributed by atoms with Crippen molar-refractivity contribution in [3.63, 3.8) is 0 Å². The quantitative estimate of drug-likeness (QED) is 0.590. The molecule has 0 saturated carbocycles. The van der Waals surface area contributed by atoms with E-state index in [0.717, 1.165) is 53.7 Å². The van der Waals surface area contributed by atoms with Crippen LogP contribution in [0.25, 0.3) is 22.3 Å². The number of hydrogen-bond donors (Lipinski definition) is 0. The molecule has 1 fully saturated rings. The summed E-state index contributed by atoms with van der Waals surface area (Å²) in [5.74, 6) is 0.123. The number of carbonyl (C=O) groups is 1. The van der Waals surface area contributed by atoms with Crippen LogP contribution in [0.3, 0.4) is 0 Å². The van der Waals surface area contributed by atoms with Crippen LogP contribution in [0.1, 0.15) is 45.1 Å². The van der Waals surface area contributed by atoms with Crippen molar-refractivity contribution >= 4 is 17.0 Å². The minimum absolute atomic E-state index is 0.123. The van der Waals surface area contributed by atoms with Gasteiger partial charge in [0.25, 0.3) is 0 Å². The molecule has 0 aliphatic carbocycles. The first kappa shape index (κ1) is 18.5. The molecule has 3 heterocycles. The number of rotatable bonds is 4. The topological polar surface area (TPSA) is 37.6 Å². The van der Waals surface area contributed by atoms with Gasteiger partial charge in [-0.2, -0.15) is 5.10 Å². The van der Waals surface area contributed by atoms with E-state index < -0.39 is 0 Å². The SMILES string of the molecule is CCC1CCCCN1C(=O)/C=C(\C)c1c(-c2ccccc2)nn2ccccc12. The standard InChI is InChI=1S/C24H27N3O/c1-3-20-13-7-9-15-26(20)22(28)17-18(2)23-21-14-8-10-16-27(21)25-24(23)19-11-5-4-6-12-19/h4-6,8,10-12,14,16-17,20H,3,7,9,13,15H2,1-2H3/b18-17+. The van der Waals surface area contributed by atoms with E-state index >= 15 is 0 Å². The molecule has 4 rings (SSSR count). The predicted octanol–water partition coefficient (Wildman–Crippen LogP) is 5.20. The molecule has 0 radical (unpaired) electrons. The van der Waals surface area contributed by atoms with Gasteiger partial charge in [0, 0.05) is 36.0 Å². The van der Waals surface area contributed by atoms with Crippen molar-refractivity contribution in [2.45, 2.75) is 45.6 Å². The van der Waals surface area contributed by atoms with E-state index in [-0.39, 0.29) is 5.91 Å². The van der Waals surface area contributed by atoms with Crippen molar-refractivity contribution in [2.24, 2.45) is 0 Å². The molecule has 1 saturated heterocycles. The number of aromatic nitrogens is 2. The van der Waals surface area contributed by atoms with Gasteiger partial charge < -0.3 is 4.90 Å². The van der Waals surface area contributed by atoms with Crippen LogP contribution in [0.15, 0.2) is 60.8 Å². The summed E-state index contributed by atoms with van der Waals surface area (Å²) < 4.78 is 1.90. The first-order valence-corrected chi connectivity index (χ1v) is 10.2. The molecule has 4 heteroatoms. The maximum atomic E-state index is 13.1. The van der Waals surface area contributed by atoms with Gasteiger partial charge in [0.15, 0.2) is 0 Å². The largest absolute Gasteiger partial charge is 0.336 e. The van der Waals surface area contributed by atoms with Gasteiger partial charge in [0.05, 0.1) is 5.52 Å². The Hall–Kier alpha value is -2.88. The van der Waals surface area contributed by atoms with Gasteiger partial charge in [0.1, 0.15) is 5.69 Å². The average Bonchev–Trinajstić information content (AvgIpc) is 3.14. The Labute approximate surface area is 166 Å². The number of pyridine rings is 1. The van der Waals surface area contributed by atoms with E-state index in [4.69, 9.17) is 5.10 Å². The van der Waals surface area contributed by atoms with Crippen LogP contribution in [0, 0.1) is 0 Å². The Morgan fingerprint density at radius 3 is 2.71 bits per heavy atom. The lowest BCUT2D eigenvalue weighted by Gasteiger charge is -2.34. The van der Waals surface area contributed by atoms with Gasteiger partial charge >= 0.3 is 0 Å². The number of amides is 1. The number of hydrogen-bond acceptors (Lipinski definition) is 2. The molecule has 0 N–H and O–H groups in total. The number of carbonyl (C=O) groups excluding carboxylic acids is 1.